The van der Waals surface area contributed by atoms with E-state index in [-0.39, 0.29) is 18.0 Å². The first-order chi connectivity index (χ1) is 16.0. The van der Waals surface area contributed by atoms with Crippen molar-refractivity contribution in [3.63, 3.8) is 0 Å². The molecule has 9 heteroatoms. The third-order valence-electron chi connectivity index (χ3n) is 6.69. The molecule has 0 amide bonds. The molecule has 1 aromatic carbocycles. The zero-order valence-corrected chi connectivity index (χ0v) is 19.9. The van der Waals surface area contributed by atoms with Gasteiger partial charge in [0.05, 0.1) is 30.5 Å². The highest BCUT2D eigenvalue weighted by Gasteiger charge is 2.35. The van der Waals surface area contributed by atoms with Gasteiger partial charge in [0.2, 0.25) is 0 Å². The molecule has 0 saturated carbocycles. The van der Waals surface area contributed by atoms with Crippen LogP contribution in [-0.2, 0) is 9.53 Å². The summed E-state index contributed by atoms with van der Waals surface area (Å²) in [7, 11) is 1.67. The maximum absolute atomic E-state index is 12.2. The molecule has 1 fully saturated rings. The largest absolute Gasteiger partial charge is 0.387 e. The Morgan fingerprint density at radius 2 is 1.97 bits per heavy atom. The number of ether oxygens (including phenoxy) is 1. The maximum Gasteiger partial charge on any atom is 0.135 e. The highest BCUT2D eigenvalue weighted by molar-refractivity contribution is 6.30. The molecule has 2 unspecified atom stereocenters. The number of methoxy groups -OCH3 is 1. The number of nitrogens with zero attached hydrogens (tertiary/aromatic N) is 4. The van der Waals surface area contributed by atoms with Crippen LogP contribution in [0.5, 0.6) is 0 Å². The number of benzene rings is 1. The number of carbonyl (C=O) groups is 1. The van der Waals surface area contributed by atoms with Crippen LogP contribution >= 0.6 is 11.6 Å². The van der Waals surface area contributed by atoms with E-state index in [0.717, 1.165) is 55.1 Å². The Morgan fingerprint density at radius 3 is 2.64 bits per heavy atom. The molecule has 2 heterocycles. The second kappa shape index (κ2) is 10.9. The highest BCUT2D eigenvalue weighted by atomic mass is 35.5. The molecule has 1 aromatic heterocycles. The number of aromatic nitrogens is 2. The average Bonchev–Trinajstić information content (AvgIpc) is 3.13. The number of hydrogen-bond acceptors (Lipinski definition) is 8. The van der Waals surface area contributed by atoms with Gasteiger partial charge in [-0.25, -0.2) is 9.97 Å². The van der Waals surface area contributed by atoms with Crippen LogP contribution in [0.2, 0.25) is 5.02 Å². The van der Waals surface area contributed by atoms with Gasteiger partial charge in [-0.15, -0.1) is 0 Å². The molecule has 2 aliphatic rings. The molecule has 0 radical (unpaired) electrons. The van der Waals surface area contributed by atoms with Crippen LogP contribution in [0.25, 0.3) is 0 Å². The van der Waals surface area contributed by atoms with Gasteiger partial charge in [-0.05, 0) is 30.0 Å². The average molecular weight is 474 g/mol. The minimum Gasteiger partial charge on any atom is -0.387 e. The minimum absolute atomic E-state index is 0.155. The van der Waals surface area contributed by atoms with E-state index in [1.54, 1.807) is 13.4 Å². The monoisotopic (exact) mass is 473 g/mol. The quantitative estimate of drug-likeness (QED) is 0.423. The lowest BCUT2D eigenvalue weighted by Crippen LogP contribution is -2.57. The van der Waals surface area contributed by atoms with Gasteiger partial charge in [0.25, 0.3) is 0 Å². The molecule has 1 saturated heterocycles. The molecular formula is C24H32ClN5O3. The molecule has 1 aliphatic heterocycles. The van der Waals surface area contributed by atoms with Crippen LogP contribution in [-0.4, -0.2) is 78.9 Å². The summed E-state index contributed by atoms with van der Waals surface area (Å²) in [4.78, 5) is 25.7. The smallest absolute Gasteiger partial charge is 0.135 e. The first kappa shape index (κ1) is 24.0. The number of nitrogens with one attached hydrogen (secondary N) is 1. The van der Waals surface area contributed by atoms with Crippen LogP contribution in [0.1, 0.15) is 48.1 Å². The predicted molar refractivity (Wildman–Crippen MR) is 128 cm³/mol. The first-order valence-corrected chi connectivity index (χ1v) is 11.9. The van der Waals surface area contributed by atoms with Crippen LogP contribution in [0, 0.1) is 0 Å². The normalized spacial score (nSPS) is 22.7. The number of aliphatic hydroxyl groups excluding tert-OH is 1. The number of aldehydes is 1. The van der Waals surface area contributed by atoms with Crippen molar-refractivity contribution >= 4 is 23.7 Å². The third kappa shape index (κ3) is 5.20. The van der Waals surface area contributed by atoms with Crippen molar-refractivity contribution in [2.24, 2.45) is 0 Å². The van der Waals surface area contributed by atoms with Crippen molar-refractivity contribution in [3.05, 3.63) is 52.4 Å². The zero-order chi connectivity index (χ0) is 23.4. The molecule has 4 rings (SSSR count). The van der Waals surface area contributed by atoms with E-state index in [1.807, 2.05) is 24.3 Å². The summed E-state index contributed by atoms with van der Waals surface area (Å²) >= 11 is 6.06. The lowest BCUT2D eigenvalue weighted by molar-refractivity contribution is -0.111. The molecule has 0 bridgehead atoms. The molecule has 33 heavy (non-hydrogen) atoms. The Morgan fingerprint density at radius 1 is 1.24 bits per heavy atom. The standard InChI is InChI=1S/C24H32ClN5O3/c1-16-13-20(32)22-21(16)24(28-15-27-22)30-10-8-29(9-11-30)23(26-7-12-33-2)19(14-31)17-3-5-18(25)6-4-17/h3-6,14-16,19-20,23,26,32H,7-13H2,1-2H3/t16-,19?,20-,23?/m1/s1. The van der Waals surface area contributed by atoms with Gasteiger partial charge >= 0.3 is 0 Å². The van der Waals surface area contributed by atoms with Crippen molar-refractivity contribution in [2.75, 3.05) is 51.3 Å². The number of fused-ring (bicyclic) bond motifs is 1. The van der Waals surface area contributed by atoms with E-state index in [9.17, 15) is 9.90 Å². The van der Waals surface area contributed by atoms with Crippen LogP contribution < -0.4 is 10.2 Å². The van der Waals surface area contributed by atoms with Crippen LogP contribution in [0.3, 0.4) is 0 Å². The minimum atomic E-state index is -0.514. The number of carbonyl (C=O) groups excluding carboxylic acids is 1. The van der Waals surface area contributed by atoms with E-state index in [2.05, 4.69) is 32.0 Å². The topological polar surface area (TPSA) is 90.8 Å². The molecule has 2 aromatic rings. The Bertz CT molecular complexity index is 936. The number of aliphatic hydroxyl groups is 1. The van der Waals surface area contributed by atoms with Crippen molar-refractivity contribution in [1.29, 1.82) is 0 Å². The summed E-state index contributed by atoms with van der Waals surface area (Å²) in [6, 6.07) is 7.48. The summed E-state index contributed by atoms with van der Waals surface area (Å²) in [5, 5.41) is 14.5. The van der Waals surface area contributed by atoms with Gasteiger partial charge in [-0.1, -0.05) is 30.7 Å². The number of hydrogen-bond donors (Lipinski definition) is 2. The lowest BCUT2D eigenvalue weighted by atomic mass is 9.95. The van der Waals surface area contributed by atoms with Crippen molar-refractivity contribution in [2.45, 2.75) is 37.5 Å². The Labute approximate surface area is 199 Å². The summed E-state index contributed by atoms with van der Waals surface area (Å²) in [6.07, 6.45) is 2.59. The van der Waals surface area contributed by atoms with Crippen molar-refractivity contribution in [3.8, 4) is 0 Å². The van der Waals surface area contributed by atoms with E-state index in [1.165, 1.54) is 0 Å². The Kier molecular flexibility index (Phi) is 7.93. The summed E-state index contributed by atoms with van der Waals surface area (Å²) < 4.78 is 5.22. The molecule has 1 aliphatic carbocycles. The van der Waals surface area contributed by atoms with E-state index in [0.29, 0.717) is 24.6 Å². The summed E-state index contributed by atoms with van der Waals surface area (Å²) in [5.74, 6) is 0.832. The number of anilines is 1. The Balaban J connectivity index is 1.50. The van der Waals surface area contributed by atoms with E-state index < -0.39 is 6.10 Å². The van der Waals surface area contributed by atoms with E-state index >= 15 is 0 Å². The Hall–Kier alpha value is -2.10. The van der Waals surface area contributed by atoms with Crippen molar-refractivity contribution in [1.82, 2.24) is 20.2 Å². The van der Waals surface area contributed by atoms with Gasteiger partial charge in [-0.2, -0.15) is 0 Å². The van der Waals surface area contributed by atoms with Crippen molar-refractivity contribution < 1.29 is 14.6 Å². The zero-order valence-electron chi connectivity index (χ0n) is 19.2. The van der Waals surface area contributed by atoms with Gasteiger partial charge in [0.15, 0.2) is 0 Å². The SMILES string of the molecule is COCCNC(C(C=O)c1ccc(Cl)cc1)N1CCN(c2ncnc3c2[C@H](C)C[C@H]3O)CC1. The number of halogens is 1. The van der Waals surface area contributed by atoms with Crippen LogP contribution in [0.15, 0.2) is 30.6 Å². The van der Waals surface area contributed by atoms with Gasteiger partial charge < -0.3 is 19.5 Å². The maximum atomic E-state index is 12.2. The second-order valence-electron chi connectivity index (χ2n) is 8.78. The third-order valence-corrected chi connectivity index (χ3v) is 6.94. The molecule has 0 spiro atoms. The number of rotatable bonds is 9. The first-order valence-electron chi connectivity index (χ1n) is 11.5. The van der Waals surface area contributed by atoms with Gasteiger partial charge in [0, 0.05) is 50.4 Å². The highest BCUT2D eigenvalue weighted by Crippen LogP contribution is 2.42. The molecule has 4 atom stereocenters. The lowest BCUT2D eigenvalue weighted by Gasteiger charge is -2.42. The second-order valence-corrected chi connectivity index (χ2v) is 9.21. The number of piperazine rings is 1. The fourth-order valence-electron chi connectivity index (χ4n) is 4.98. The molecule has 178 valence electrons. The van der Waals surface area contributed by atoms with Gasteiger partial charge in [0.1, 0.15) is 18.4 Å². The van der Waals surface area contributed by atoms with Gasteiger partial charge in [-0.3, -0.25) is 10.2 Å². The van der Waals surface area contributed by atoms with Crippen LogP contribution in [0.4, 0.5) is 5.82 Å². The molecular weight excluding hydrogens is 442 g/mol. The molecule has 8 nitrogen and oxygen atoms in total. The molecule has 2 N–H and O–H groups in total. The summed E-state index contributed by atoms with van der Waals surface area (Å²) in [6.45, 7) is 6.44. The summed E-state index contributed by atoms with van der Waals surface area (Å²) in [5.41, 5.74) is 2.76. The predicted octanol–water partition coefficient (Wildman–Crippen LogP) is 2.34. The fraction of sp³-hybridized carbons (Fsp3) is 0.542. The fourth-order valence-corrected chi connectivity index (χ4v) is 5.10. The van der Waals surface area contributed by atoms with E-state index in [4.69, 9.17) is 16.3 Å².